The molecule has 0 fully saturated rings. The van der Waals surface area contributed by atoms with E-state index in [1.165, 1.54) is 6.08 Å². The molecule has 0 aliphatic carbocycles. The van der Waals surface area contributed by atoms with E-state index in [0.717, 1.165) is 0 Å². The molecular formula is C8H10N2O2. The SMILES string of the molecule is CC1NC=C(C=O)C=C1C(N)=O. The fourth-order valence-corrected chi connectivity index (χ4v) is 1.01. The molecule has 3 N–H and O–H groups in total. The molecule has 4 nitrogen and oxygen atoms in total. The summed E-state index contributed by atoms with van der Waals surface area (Å²) in [6.07, 6.45) is 3.72. The third kappa shape index (κ3) is 1.53. The minimum Gasteiger partial charge on any atom is -0.384 e. The predicted octanol–water partition coefficient (Wildman–Crippen LogP) is -0.527. The van der Waals surface area contributed by atoms with Crippen molar-refractivity contribution in [2.24, 2.45) is 5.73 Å². The van der Waals surface area contributed by atoms with E-state index < -0.39 is 5.91 Å². The zero-order valence-electron chi connectivity index (χ0n) is 6.70. The number of aldehydes is 1. The van der Waals surface area contributed by atoms with Crippen LogP contribution in [0.3, 0.4) is 0 Å². The van der Waals surface area contributed by atoms with E-state index in [2.05, 4.69) is 5.32 Å². The van der Waals surface area contributed by atoms with Gasteiger partial charge in [-0.05, 0) is 13.0 Å². The van der Waals surface area contributed by atoms with Crippen LogP contribution >= 0.6 is 0 Å². The lowest BCUT2D eigenvalue weighted by atomic mass is 10.0. The van der Waals surface area contributed by atoms with Gasteiger partial charge in [-0.2, -0.15) is 0 Å². The largest absolute Gasteiger partial charge is 0.384 e. The molecule has 0 radical (unpaired) electrons. The van der Waals surface area contributed by atoms with Gasteiger partial charge in [-0.15, -0.1) is 0 Å². The lowest BCUT2D eigenvalue weighted by molar-refractivity contribution is -0.114. The van der Waals surface area contributed by atoms with E-state index in [9.17, 15) is 9.59 Å². The Balaban J connectivity index is 2.94. The maximum absolute atomic E-state index is 10.8. The van der Waals surface area contributed by atoms with Crippen LogP contribution in [0.25, 0.3) is 0 Å². The number of dihydropyridines is 1. The summed E-state index contributed by atoms with van der Waals surface area (Å²) in [5.74, 6) is -0.498. The van der Waals surface area contributed by atoms with Crippen LogP contribution < -0.4 is 11.1 Å². The summed E-state index contributed by atoms with van der Waals surface area (Å²) < 4.78 is 0. The summed E-state index contributed by atoms with van der Waals surface area (Å²) in [6.45, 7) is 1.80. The topological polar surface area (TPSA) is 72.2 Å². The number of amides is 1. The first-order chi connectivity index (χ1) is 5.65. The Kier molecular flexibility index (Phi) is 2.28. The number of primary amides is 1. The first kappa shape index (κ1) is 8.52. The van der Waals surface area contributed by atoms with Gasteiger partial charge in [0.2, 0.25) is 5.91 Å². The van der Waals surface area contributed by atoms with Crippen molar-refractivity contribution in [2.45, 2.75) is 13.0 Å². The lowest BCUT2D eigenvalue weighted by Crippen LogP contribution is -2.33. The average molecular weight is 166 g/mol. The molecule has 0 aromatic rings. The quantitative estimate of drug-likeness (QED) is 0.542. The van der Waals surface area contributed by atoms with Gasteiger partial charge >= 0.3 is 0 Å². The monoisotopic (exact) mass is 166 g/mol. The summed E-state index contributed by atoms with van der Waals surface area (Å²) in [6, 6.07) is -0.119. The van der Waals surface area contributed by atoms with Gasteiger partial charge in [0.1, 0.15) is 0 Å². The Labute approximate surface area is 70.1 Å². The first-order valence-corrected chi connectivity index (χ1v) is 3.58. The van der Waals surface area contributed by atoms with Gasteiger partial charge in [0.25, 0.3) is 0 Å². The molecule has 0 saturated carbocycles. The molecule has 1 amide bonds. The minimum absolute atomic E-state index is 0.119. The fourth-order valence-electron chi connectivity index (χ4n) is 1.01. The zero-order valence-corrected chi connectivity index (χ0v) is 6.70. The molecule has 0 saturated heterocycles. The minimum atomic E-state index is -0.498. The molecule has 4 heteroatoms. The molecule has 0 aromatic heterocycles. The molecular weight excluding hydrogens is 156 g/mol. The van der Waals surface area contributed by atoms with Gasteiger partial charge in [0.05, 0.1) is 6.04 Å². The number of hydrogen-bond donors (Lipinski definition) is 2. The van der Waals surface area contributed by atoms with Crippen molar-refractivity contribution in [1.29, 1.82) is 0 Å². The maximum atomic E-state index is 10.8. The molecule has 1 atom stereocenters. The van der Waals surface area contributed by atoms with E-state index in [-0.39, 0.29) is 6.04 Å². The predicted molar refractivity (Wildman–Crippen MR) is 44.0 cm³/mol. The van der Waals surface area contributed by atoms with Crippen LogP contribution in [-0.4, -0.2) is 18.2 Å². The molecule has 1 heterocycles. The second kappa shape index (κ2) is 3.21. The Morgan fingerprint density at radius 2 is 2.42 bits per heavy atom. The third-order valence-electron chi connectivity index (χ3n) is 1.71. The first-order valence-electron chi connectivity index (χ1n) is 3.58. The lowest BCUT2D eigenvalue weighted by Gasteiger charge is -2.17. The Morgan fingerprint density at radius 1 is 1.75 bits per heavy atom. The highest BCUT2D eigenvalue weighted by atomic mass is 16.1. The number of hydrogen-bond acceptors (Lipinski definition) is 3. The molecule has 0 spiro atoms. The molecule has 0 bridgehead atoms. The number of allylic oxidation sites excluding steroid dienone is 2. The van der Waals surface area contributed by atoms with Gasteiger partial charge in [-0.25, -0.2) is 0 Å². The molecule has 1 rings (SSSR count). The van der Waals surface area contributed by atoms with E-state index in [0.29, 0.717) is 17.4 Å². The molecule has 64 valence electrons. The van der Waals surface area contributed by atoms with Crippen LogP contribution in [-0.2, 0) is 9.59 Å². The van der Waals surface area contributed by atoms with Crippen LogP contribution in [0.4, 0.5) is 0 Å². The molecule has 12 heavy (non-hydrogen) atoms. The molecule has 0 aromatic carbocycles. The van der Waals surface area contributed by atoms with Gasteiger partial charge in [-0.3, -0.25) is 9.59 Å². The van der Waals surface area contributed by atoms with E-state index in [1.807, 2.05) is 0 Å². The average Bonchev–Trinajstić information content (AvgIpc) is 2.05. The van der Waals surface area contributed by atoms with Gasteiger partial charge < -0.3 is 11.1 Å². The van der Waals surface area contributed by atoms with Crippen LogP contribution in [0.1, 0.15) is 6.92 Å². The third-order valence-corrected chi connectivity index (χ3v) is 1.71. The van der Waals surface area contributed by atoms with Gasteiger partial charge in [0.15, 0.2) is 6.29 Å². The summed E-state index contributed by atoms with van der Waals surface area (Å²) >= 11 is 0. The van der Waals surface area contributed by atoms with Crippen LogP contribution in [0.5, 0.6) is 0 Å². The second-order valence-electron chi connectivity index (χ2n) is 2.61. The highest BCUT2D eigenvalue weighted by molar-refractivity contribution is 5.96. The van der Waals surface area contributed by atoms with Crippen molar-refractivity contribution in [2.75, 3.05) is 0 Å². The Morgan fingerprint density at radius 3 is 2.92 bits per heavy atom. The second-order valence-corrected chi connectivity index (χ2v) is 2.61. The number of nitrogens with one attached hydrogen (secondary N) is 1. The standard InChI is InChI=1S/C8H10N2O2/c1-5-7(8(9)12)2-6(4-11)3-10-5/h2-5,10H,1H3,(H2,9,12). The molecule has 1 aliphatic rings. The number of carbonyl (C=O) groups excluding carboxylic acids is 2. The van der Waals surface area contributed by atoms with Crippen LogP contribution in [0.2, 0.25) is 0 Å². The van der Waals surface area contributed by atoms with Crippen molar-refractivity contribution >= 4 is 12.2 Å². The van der Waals surface area contributed by atoms with Crippen molar-refractivity contribution < 1.29 is 9.59 Å². The number of nitrogens with two attached hydrogens (primary N) is 1. The molecule has 1 aliphatic heterocycles. The summed E-state index contributed by atoms with van der Waals surface area (Å²) in [4.78, 5) is 21.1. The summed E-state index contributed by atoms with van der Waals surface area (Å²) in [7, 11) is 0. The summed E-state index contributed by atoms with van der Waals surface area (Å²) in [5, 5.41) is 2.85. The molecule has 1 unspecified atom stereocenters. The van der Waals surface area contributed by atoms with Gasteiger partial charge in [-0.1, -0.05) is 0 Å². The Hall–Kier alpha value is -1.58. The van der Waals surface area contributed by atoms with E-state index in [1.54, 1.807) is 13.1 Å². The summed E-state index contributed by atoms with van der Waals surface area (Å²) in [5.41, 5.74) is 5.95. The zero-order chi connectivity index (χ0) is 9.14. The van der Waals surface area contributed by atoms with E-state index >= 15 is 0 Å². The fraction of sp³-hybridized carbons (Fsp3) is 0.250. The van der Waals surface area contributed by atoms with Crippen molar-refractivity contribution in [1.82, 2.24) is 5.32 Å². The Bertz CT molecular complexity index is 279. The van der Waals surface area contributed by atoms with Crippen LogP contribution in [0.15, 0.2) is 23.4 Å². The number of rotatable bonds is 2. The van der Waals surface area contributed by atoms with Crippen molar-refractivity contribution in [3.8, 4) is 0 Å². The van der Waals surface area contributed by atoms with Crippen molar-refractivity contribution in [3.63, 3.8) is 0 Å². The maximum Gasteiger partial charge on any atom is 0.246 e. The van der Waals surface area contributed by atoms with E-state index in [4.69, 9.17) is 5.73 Å². The van der Waals surface area contributed by atoms with Crippen molar-refractivity contribution in [3.05, 3.63) is 23.4 Å². The number of carbonyl (C=O) groups is 2. The highest BCUT2D eigenvalue weighted by Crippen LogP contribution is 2.10. The highest BCUT2D eigenvalue weighted by Gasteiger charge is 2.16. The smallest absolute Gasteiger partial charge is 0.246 e. The normalized spacial score (nSPS) is 21.9. The van der Waals surface area contributed by atoms with Gasteiger partial charge in [0, 0.05) is 17.3 Å². The van der Waals surface area contributed by atoms with Crippen LogP contribution in [0, 0.1) is 0 Å².